The van der Waals surface area contributed by atoms with Crippen molar-refractivity contribution in [3.63, 3.8) is 0 Å². The Labute approximate surface area is 116 Å². The van der Waals surface area contributed by atoms with Crippen LogP contribution in [0.2, 0.25) is 0 Å². The highest BCUT2D eigenvalue weighted by Gasteiger charge is 2.56. The molecule has 1 spiro atoms. The summed E-state index contributed by atoms with van der Waals surface area (Å²) in [6.07, 6.45) is 7.10. The van der Waals surface area contributed by atoms with Crippen LogP contribution in [0.4, 0.5) is 0 Å². The highest BCUT2D eigenvalue weighted by molar-refractivity contribution is 5.69. The molecule has 2 aliphatic carbocycles. The van der Waals surface area contributed by atoms with Gasteiger partial charge in [-0.2, -0.15) is 0 Å². The molecule has 2 fully saturated rings. The van der Waals surface area contributed by atoms with Crippen LogP contribution in [0.3, 0.4) is 0 Å². The van der Waals surface area contributed by atoms with E-state index in [2.05, 4.69) is 19.2 Å². The van der Waals surface area contributed by atoms with Gasteiger partial charge < -0.3 is 14.8 Å². The molecule has 0 heterocycles. The first-order valence-corrected chi connectivity index (χ1v) is 7.57. The predicted molar refractivity (Wildman–Crippen MR) is 74.0 cm³/mol. The fraction of sp³-hybridized carbons (Fsp3) is 0.933. The van der Waals surface area contributed by atoms with Crippen LogP contribution >= 0.6 is 0 Å². The third-order valence-electron chi connectivity index (χ3n) is 4.87. The maximum absolute atomic E-state index is 11.3. The predicted octanol–water partition coefficient (Wildman–Crippen LogP) is 2.27. The molecule has 0 bridgehead atoms. The first-order chi connectivity index (χ1) is 9.12. The number of carbonyl (C=O) groups excluding carboxylic acids is 1. The van der Waals surface area contributed by atoms with Crippen LogP contribution in [0.25, 0.3) is 0 Å². The molecule has 0 aromatic heterocycles. The summed E-state index contributed by atoms with van der Waals surface area (Å²) in [4.78, 5) is 11.3. The first kappa shape index (κ1) is 14.8. The van der Waals surface area contributed by atoms with E-state index in [0.29, 0.717) is 24.0 Å². The number of hydrogen-bond donors (Lipinski definition) is 1. The van der Waals surface area contributed by atoms with Gasteiger partial charge in [0.15, 0.2) is 0 Å². The lowest BCUT2D eigenvalue weighted by Gasteiger charge is -2.55. The van der Waals surface area contributed by atoms with Gasteiger partial charge in [0.05, 0.1) is 19.6 Å². The summed E-state index contributed by atoms with van der Waals surface area (Å²) >= 11 is 0. The summed E-state index contributed by atoms with van der Waals surface area (Å²) in [6, 6.07) is 0.684. The Kier molecular flexibility index (Phi) is 4.85. The summed E-state index contributed by atoms with van der Waals surface area (Å²) in [6.45, 7) is 4.94. The lowest BCUT2D eigenvalue weighted by Crippen LogP contribution is -2.64. The number of methoxy groups -OCH3 is 1. The Balaban J connectivity index is 1.88. The van der Waals surface area contributed by atoms with Gasteiger partial charge in [-0.3, -0.25) is 4.79 Å². The zero-order chi connectivity index (χ0) is 13.9. The van der Waals surface area contributed by atoms with E-state index in [9.17, 15) is 4.79 Å². The van der Waals surface area contributed by atoms with Gasteiger partial charge in [-0.25, -0.2) is 0 Å². The van der Waals surface area contributed by atoms with Crippen molar-refractivity contribution >= 4 is 5.97 Å². The minimum absolute atomic E-state index is 0.138. The molecule has 4 heteroatoms. The summed E-state index contributed by atoms with van der Waals surface area (Å²) in [5.41, 5.74) is 0.334. The fourth-order valence-electron chi connectivity index (χ4n) is 3.86. The van der Waals surface area contributed by atoms with Crippen molar-refractivity contribution in [2.24, 2.45) is 5.41 Å². The van der Waals surface area contributed by atoms with E-state index >= 15 is 0 Å². The minimum Gasteiger partial charge on any atom is -0.469 e. The zero-order valence-electron chi connectivity index (χ0n) is 12.4. The van der Waals surface area contributed by atoms with Gasteiger partial charge in [-0.15, -0.1) is 0 Å². The van der Waals surface area contributed by atoms with Crippen LogP contribution in [0, 0.1) is 5.41 Å². The molecule has 110 valence electrons. The van der Waals surface area contributed by atoms with Crippen LogP contribution < -0.4 is 5.32 Å². The van der Waals surface area contributed by atoms with E-state index in [4.69, 9.17) is 9.47 Å². The Morgan fingerprint density at radius 1 is 1.42 bits per heavy atom. The molecule has 19 heavy (non-hydrogen) atoms. The van der Waals surface area contributed by atoms with Gasteiger partial charge in [0.2, 0.25) is 0 Å². The second kappa shape index (κ2) is 6.23. The molecule has 0 unspecified atom stereocenters. The highest BCUT2D eigenvalue weighted by Crippen LogP contribution is 2.54. The smallest absolute Gasteiger partial charge is 0.307 e. The first-order valence-electron chi connectivity index (χ1n) is 7.57. The summed E-state index contributed by atoms with van der Waals surface area (Å²) in [5.74, 6) is -0.138. The molecule has 0 saturated heterocycles. The molecule has 1 N–H and O–H groups in total. The minimum atomic E-state index is -0.138. The molecule has 2 rings (SSSR count). The second-order valence-electron chi connectivity index (χ2n) is 6.02. The number of hydrogen-bond acceptors (Lipinski definition) is 4. The second-order valence-corrected chi connectivity index (χ2v) is 6.02. The van der Waals surface area contributed by atoms with E-state index < -0.39 is 0 Å². The van der Waals surface area contributed by atoms with Crippen molar-refractivity contribution in [1.29, 1.82) is 0 Å². The van der Waals surface area contributed by atoms with Crippen LogP contribution in [0.5, 0.6) is 0 Å². The Morgan fingerprint density at radius 2 is 2.11 bits per heavy atom. The summed E-state index contributed by atoms with van der Waals surface area (Å²) < 4.78 is 10.6. The average molecular weight is 269 g/mol. The zero-order valence-corrected chi connectivity index (χ0v) is 12.4. The number of esters is 1. The molecule has 0 radical (unpaired) electrons. The average Bonchev–Trinajstić information content (AvgIpc) is 2.89. The van der Waals surface area contributed by atoms with Crippen LogP contribution in [0.15, 0.2) is 0 Å². The number of nitrogens with one attached hydrogen (secondary N) is 1. The van der Waals surface area contributed by atoms with Gasteiger partial charge >= 0.3 is 5.97 Å². The highest BCUT2D eigenvalue weighted by atomic mass is 16.5. The molecule has 2 saturated carbocycles. The molecule has 4 nitrogen and oxygen atoms in total. The molecule has 0 amide bonds. The lowest BCUT2D eigenvalue weighted by atomic mass is 9.60. The van der Waals surface area contributed by atoms with Gasteiger partial charge in [-0.1, -0.05) is 12.8 Å². The van der Waals surface area contributed by atoms with Crippen molar-refractivity contribution < 1.29 is 14.3 Å². The van der Waals surface area contributed by atoms with E-state index in [-0.39, 0.29) is 12.0 Å². The van der Waals surface area contributed by atoms with Gasteiger partial charge in [0.25, 0.3) is 0 Å². The lowest BCUT2D eigenvalue weighted by molar-refractivity contribution is -0.143. The largest absolute Gasteiger partial charge is 0.469 e. The third-order valence-corrected chi connectivity index (χ3v) is 4.87. The number of ether oxygens (including phenoxy) is 2. The molecule has 2 aliphatic rings. The maximum Gasteiger partial charge on any atom is 0.307 e. The molecule has 0 aliphatic heterocycles. The van der Waals surface area contributed by atoms with Crippen LogP contribution in [0.1, 0.15) is 52.4 Å². The fourth-order valence-corrected chi connectivity index (χ4v) is 3.86. The summed E-state index contributed by atoms with van der Waals surface area (Å²) in [5, 5.41) is 3.62. The standard InChI is InChI=1S/C15H27NO3/c1-4-19-13-10-12(15(13)7-5-6-8-15)16-11(2)9-14(17)18-3/h11-13,16H,4-10H2,1-3H3/t11-,12+,13-/m1/s1. The van der Waals surface area contributed by atoms with Crippen molar-refractivity contribution in [2.45, 2.75) is 70.6 Å². The molecule has 0 aromatic rings. The Hall–Kier alpha value is -0.610. The number of rotatable bonds is 6. The van der Waals surface area contributed by atoms with Gasteiger partial charge in [-0.05, 0) is 33.1 Å². The van der Waals surface area contributed by atoms with Crippen LogP contribution in [-0.4, -0.2) is 37.9 Å². The Bertz CT molecular complexity index is 313. The third kappa shape index (κ3) is 2.95. The molecular formula is C15H27NO3. The van der Waals surface area contributed by atoms with E-state index in [1.54, 1.807) is 0 Å². The quantitative estimate of drug-likeness (QED) is 0.751. The van der Waals surface area contributed by atoms with Crippen molar-refractivity contribution in [3.8, 4) is 0 Å². The van der Waals surface area contributed by atoms with E-state index in [0.717, 1.165) is 13.0 Å². The van der Waals surface area contributed by atoms with Gasteiger partial charge in [0, 0.05) is 24.1 Å². The molecule has 0 aromatic carbocycles. The van der Waals surface area contributed by atoms with Gasteiger partial charge in [0.1, 0.15) is 0 Å². The topological polar surface area (TPSA) is 47.6 Å². The maximum atomic E-state index is 11.3. The van der Waals surface area contributed by atoms with Crippen LogP contribution in [-0.2, 0) is 14.3 Å². The normalized spacial score (nSPS) is 30.1. The van der Waals surface area contributed by atoms with E-state index in [1.807, 2.05) is 0 Å². The molecule has 3 atom stereocenters. The van der Waals surface area contributed by atoms with Crippen molar-refractivity contribution in [1.82, 2.24) is 5.32 Å². The SMILES string of the molecule is CCO[C@@H]1C[C@H](N[C@H](C)CC(=O)OC)C12CCCC2. The van der Waals surface area contributed by atoms with E-state index in [1.165, 1.54) is 32.8 Å². The number of carbonyl (C=O) groups is 1. The monoisotopic (exact) mass is 269 g/mol. The summed E-state index contributed by atoms with van der Waals surface area (Å²) in [7, 11) is 1.45. The van der Waals surface area contributed by atoms with Crippen molar-refractivity contribution in [2.75, 3.05) is 13.7 Å². The Morgan fingerprint density at radius 3 is 2.68 bits per heavy atom. The van der Waals surface area contributed by atoms with Crippen molar-refractivity contribution in [3.05, 3.63) is 0 Å². The molecular weight excluding hydrogens is 242 g/mol.